The Balaban J connectivity index is 3.29. The van der Waals surface area contributed by atoms with Crippen molar-refractivity contribution in [3.8, 4) is 11.5 Å². The van der Waals surface area contributed by atoms with Crippen molar-refractivity contribution < 1.29 is 19.4 Å². The number of nitrogens with one attached hydrogen (secondary N) is 1. The molecule has 0 saturated carbocycles. The highest BCUT2D eigenvalue weighted by Crippen LogP contribution is 2.36. The van der Waals surface area contributed by atoms with Crippen LogP contribution < -0.4 is 10.2 Å². The summed E-state index contributed by atoms with van der Waals surface area (Å²) >= 11 is 2.97. The molecular weight excluding hydrogens is 257 g/mol. The zero-order chi connectivity index (χ0) is 10.7. The molecule has 0 radical (unpaired) electrons. The zero-order valence-corrected chi connectivity index (χ0v) is 8.93. The molecule has 0 heterocycles. The maximum atomic E-state index is 13.4. The fourth-order valence-electron chi connectivity index (χ4n) is 1.04. The first-order valence-electron chi connectivity index (χ1n) is 3.72. The number of ether oxygens (including phenoxy) is 1. The Hall–Kier alpha value is -0.850. The molecule has 1 rings (SSSR count). The van der Waals surface area contributed by atoms with Crippen LogP contribution in [0.2, 0.25) is 0 Å². The third-order valence-corrected chi connectivity index (χ3v) is 2.30. The van der Waals surface area contributed by atoms with Gasteiger partial charge in [-0.25, -0.2) is 9.87 Å². The summed E-state index contributed by atoms with van der Waals surface area (Å²) in [5, 5.41) is 17.9. The fraction of sp³-hybridized carbons (Fsp3) is 0.250. The number of halogens is 2. The second kappa shape index (κ2) is 4.59. The zero-order valence-electron chi connectivity index (χ0n) is 7.34. The van der Waals surface area contributed by atoms with Crippen LogP contribution in [0.15, 0.2) is 10.5 Å². The average Bonchev–Trinajstić information content (AvgIpc) is 2.18. The second-order valence-electron chi connectivity index (χ2n) is 2.54. The van der Waals surface area contributed by atoms with Gasteiger partial charge in [0.05, 0.1) is 23.7 Å². The molecular formula is C8H9BrFNO3. The molecule has 0 atom stereocenters. The summed E-state index contributed by atoms with van der Waals surface area (Å²) in [6.45, 7) is -0.201. The number of methoxy groups -OCH3 is 1. The van der Waals surface area contributed by atoms with E-state index in [-0.39, 0.29) is 28.1 Å². The largest absolute Gasteiger partial charge is 0.504 e. The van der Waals surface area contributed by atoms with Crippen LogP contribution >= 0.6 is 15.9 Å². The minimum Gasteiger partial charge on any atom is -0.504 e. The van der Waals surface area contributed by atoms with Crippen LogP contribution in [-0.2, 0) is 6.54 Å². The maximum absolute atomic E-state index is 13.4. The minimum absolute atomic E-state index is 0.0567. The molecule has 0 aliphatic carbocycles. The summed E-state index contributed by atoms with van der Waals surface area (Å²) in [4.78, 5) is 0. The average molecular weight is 266 g/mol. The highest BCUT2D eigenvalue weighted by Gasteiger charge is 2.16. The summed E-state index contributed by atoms with van der Waals surface area (Å²) in [5.41, 5.74) is 1.71. The Bertz CT molecular complexity index is 346. The van der Waals surface area contributed by atoms with Crippen molar-refractivity contribution in [2.24, 2.45) is 0 Å². The first kappa shape index (κ1) is 11.2. The number of hydrogen-bond donors (Lipinski definition) is 3. The molecule has 0 amide bonds. The number of aromatic hydroxyl groups is 1. The first-order valence-corrected chi connectivity index (χ1v) is 4.52. The predicted molar refractivity (Wildman–Crippen MR) is 50.9 cm³/mol. The summed E-state index contributed by atoms with van der Waals surface area (Å²) in [6.07, 6.45) is 0. The highest BCUT2D eigenvalue weighted by atomic mass is 79.9. The van der Waals surface area contributed by atoms with Gasteiger partial charge in [-0.3, -0.25) is 0 Å². The Morgan fingerprint density at radius 1 is 1.64 bits per heavy atom. The lowest BCUT2D eigenvalue weighted by Gasteiger charge is -2.10. The Morgan fingerprint density at radius 2 is 2.29 bits per heavy atom. The van der Waals surface area contributed by atoms with E-state index in [0.29, 0.717) is 0 Å². The van der Waals surface area contributed by atoms with E-state index in [0.717, 1.165) is 0 Å². The van der Waals surface area contributed by atoms with Crippen LogP contribution in [0.25, 0.3) is 0 Å². The van der Waals surface area contributed by atoms with E-state index in [1.165, 1.54) is 13.2 Å². The van der Waals surface area contributed by atoms with E-state index >= 15 is 0 Å². The topological polar surface area (TPSA) is 61.7 Å². The van der Waals surface area contributed by atoms with Crippen LogP contribution in [0, 0.1) is 5.82 Å². The van der Waals surface area contributed by atoms with Gasteiger partial charge in [-0.2, -0.15) is 0 Å². The van der Waals surface area contributed by atoms with Gasteiger partial charge in [-0.1, -0.05) is 0 Å². The van der Waals surface area contributed by atoms with Gasteiger partial charge in [0.15, 0.2) is 11.5 Å². The summed E-state index contributed by atoms with van der Waals surface area (Å²) < 4.78 is 18.3. The molecule has 0 saturated heterocycles. The SMILES string of the molecule is COc1cc(Br)c(F)c(CNO)c1O. The van der Waals surface area contributed by atoms with Crippen molar-refractivity contribution in [3.63, 3.8) is 0 Å². The van der Waals surface area contributed by atoms with E-state index in [2.05, 4.69) is 15.9 Å². The number of benzene rings is 1. The van der Waals surface area contributed by atoms with Crippen LogP contribution in [0.3, 0.4) is 0 Å². The molecule has 0 aromatic heterocycles. The lowest BCUT2D eigenvalue weighted by molar-refractivity contribution is 0.158. The van der Waals surface area contributed by atoms with Crippen molar-refractivity contribution in [2.45, 2.75) is 6.54 Å². The predicted octanol–water partition coefficient (Wildman–Crippen LogP) is 1.78. The maximum Gasteiger partial charge on any atom is 0.165 e. The van der Waals surface area contributed by atoms with Crippen molar-refractivity contribution in [1.29, 1.82) is 0 Å². The molecule has 1 aromatic rings. The number of hydroxylamine groups is 1. The monoisotopic (exact) mass is 265 g/mol. The second-order valence-corrected chi connectivity index (χ2v) is 3.39. The van der Waals surface area contributed by atoms with E-state index in [1.54, 1.807) is 5.48 Å². The van der Waals surface area contributed by atoms with E-state index in [4.69, 9.17) is 9.94 Å². The number of hydrogen-bond acceptors (Lipinski definition) is 4. The summed E-state index contributed by atoms with van der Waals surface area (Å²) in [6, 6.07) is 1.31. The Labute approximate surface area is 88.4 Å². The molecule has 0 aliphatic rings. The van der Waals surface area contributed by atoms with Gasteiger partial charge in [0, 0.05) is 6.07 Å². The molecule has 14 heavy (non-hydrogen) atoms. The molecule has 0 unspecified atom stereocenters. The van der Waals surface area contributed by atoms with Crippen molar-refractivity contribution in [2.75, 3.05) is 7.11 Å². The van der Waals surface area contributed by atoms with Crippen molar-refractivity contribution in [1.82, 2.24) is 5.48 Å². The summed E-state index contributed by atoms with van der Waals surface area (Å²) in [7, 11) is 1.36. The van der Waals surface area contributed by atoms with Crippen LogP contribution in [0.5, 0.6) is 11.5 Å². The standard InChI is InChI=1S/C8H9BrFNO3/c1-14-6-2-5(9)7(10)4(3-11-13)8(6)12/h2,11-13H,3H2,1H3. The number of phenolic OH excluding ortho intramolecular Hbond substituents is 1. The van der Waals surface area contributed by atoms with Gasteiger partial charge in [0.1, 0.15) is 5.82 Å². The van der Waals surface area contributed by atoms with E-state index in [1.807, 2.05) is 0 Å². The fourth-order valence-corrected chi connectivity index (χ4v) is 1.49. The van der Waals surface area contributed by atoms with Crippen molar-refractivity contribution in [3.05, 3.63) is 21.9 Å². The first-order chi connectivity index (χ1) is 6.61. The molecule has 0 bridgehead atoms. The van der Waals surface area contributed by atoms with Gasteiger partial charge < -0.3 is 15.1 Å². The molecule has 3 N–H and O–H groups in total. The summed E-state index contributed by atoms with van der Waals surface area (Å²) in [5.74, 6) is -0.817. The van der Waals surface area contributed by atoms with Crippen LogP contribution in [-0.4, -0.2) is 17.4 Å². The lowest BCUT2D eigenvalue weighted by atomic mass is 10.1. The third kappa shape index (κ3) is 1.97. The van der Waals surface area contributed by atoms with Gasteiger partial charge in [0.25, 0.3) is 0 Å². The van der Waals surface area contributed by atoms with E-state index < -0.39 is 5.82 Å². The van der Waals surface area contributed by atoms with Gasteiger partial charge >= 0.3 is 0 Å². The number of rotatable bonds is 3. The van der Waals surface area contributed by atoms with Gasteiger partial charge in [0.2, 0.25) is 0 Å². The molecule has 6 heteroatoms. The van der Waals surface area contributed by atoms with Crippen molar-refractivity contribution >= 4 is 15.9 Å². The van der Waals surface area contributed by atoms with Crippen LogP contribution in [0.4, 0.5) is 4.39 Å². The molecule has 4 nitrogen and oxygen atoms in total. The lowest BCUT2D eigenvalue weighted by Crippen LogP contribution is -2.09. The molecule has 0 aliphatic heterocycles. The Kier molecular flexibility index (Phi) is 3.68. The Morgan fingerprint density at radius 3 is 2.79 bits per heavy atom. The highest BCUT2D eigenvalue weighted by molar-refractivity contribution is 9.10. The molecule has 78 valence electrons. The smallest absolute Gasteiger partial charge is 0.165 e. The molecule has 1 aromatic carbocycles. The normalized spacial score (nSPS) is 10.3. The van der Waals surface area contributed by atoms with Crippen LogP contribution in [0.1, 0.15) is 5.56 Å². The number of phenols is 1. The van der Waals surface area contributed by atoms with Gasteiger partial charge in [-0.15, -0.1) is 0 Å². The van der Waals surface area contributed by atoms with E-state index in [9.17, 15) is 9.50 Å². The van der Waals surface area contributed by atoms with Gasteiger partial charge in [-0.05, 0) is 15.9 Å². The molecule has 0 spiro atoms. The molecule has 0 fully saturated rings. The quantitative estimate of drug-likeness (QED) is 0.730. The third-order valence-electron chi connectivity index (χ3n) is 1.73. The minimum atomic E-state index is -0.634.